The quantitative estimate of drug-likeness (QED) is 0.612. The van der Waals surface area contributed by atoms with E-state index in [1.165, 1.54) is 5.56 Å². The number of imidazole rings is 1. The highest BCUT2D eigenvalue weighted by atomic mass is 16.5. The van der Waals surface area contributed by atoms with Crippen LogP contribution in [0.2, 0.25) is 0 Å². The van der Waals surface area contributed by atoms with Crippen molar-refractivity contribution < 1.29 is 19.4 Å². The van der Waals surface area contributed by atoms with Crippen molar-refractivity contribution in [1.82, 2.24) is 24.3 Å². The molecule has 0 bridgehead atoms. The fourth-order valence-corrected chi connectivity index (χ4v) is 3.59. The largest absolute Gasteiger partial charge is 0.497 e. The van der Waals surface area contributed by atoms with E-state index in [9.17, 15) is 4.79 Å². The summed E-state index contributed by atoms with van der Waals surface area (Å²) < 4.78 is 7.20. The second-order valence-electron chi connectivity index (χ2n) is 7.24. The van der Waals surface area contributed by atoms with Crippen molar-refractivity contribution in [3.05, 3.63) is 72.6 Å². The molecule has 2 aromatic heterocycles. The van der Waals surface area contributed by atoms with E-state index >= 15 is 0 Å². The number of amides is 1. The summed E-state index contributed by atoms with van der Waals surface area (Å²) in [4.78, 5) is 33.8. The van der Waals surface area contributed by atoms with E-state index in [1.54, 1.807) is 38.0 Å². The number of hydrogen-bond donors (Lipinski definition) is 1. The smallest absolute Gasteiger partial charge is 0.290 e. The van der Waals surface area contributed by atoms with Gasteiger partial charge in [-0.15, -0.1) is 0 Å². The van der Waals surface area contributed by atoms with Gasteiger partial charge in [-0.25, -0.2) is 4.98 Å². The molecular weight excluding hydrogens is 410 g/mol. The predicted octanol–water partition coefficient (Wildman–Crippen LogP) is 2.32. The topological polar surface area (TPSA) is 101 Å². The molecule has 1 amide bonds. The van der Waals surface area contributed by atoms with Crippen LogP contribution in [-0.2, 0) is 11.3 Å². The van der Waals surface area contributed by atoms with Crippen LogP contribution in [0.15, 0.2) is 61.3 Å². The minimum atomic E-state index is -0.250. The molecule has 168 valence electrons. The van der Waals surface area contributed by atoms with Gasteiger partial charge in [0.05, 0.1) is 13.4 Å². The SMILES string of the molecule is COc1ccnc(C(=O)N2CCCN(Cc3ccc(-n4ccnc4)cc3)CC2)c1.O=CO. The summed E-state index contributed by atoms with van der Waals surface area (Å²) in [6, 6.07) is 12.0. The van der Waals surface area contributed by atoms with Gasteiger partial charge in [0.25, 0.3) is 12.4 Å². The van der Waals surface area contributed by atoms with Crippen molar-refractivity contribution in [2.45, 2.75) is 13.0 Å². The Kier molecular flexibility index (Phi) is 8.33. The zero-order valence-electron chi connectivity index (χ0n) is 18.0. The number of nitrogens with zero attached hydrogens (tertiary/aromatic N) is 5. The zero-order chi connectivity index (χ0) is 22.8. The highest BCUT2D eigenvalue weighted by Gasteiger charge is 2.21. The molecule has 9 nitrogen and oxygen atoms in total. The lowest BCUT2D eigenvalue weighted by Crippen LogP contribution is -2.35. The van der Waals surface area contributed by atoms with Gasteiger partial charge in [0.1, 0.15) is 11.4 Å². The van der Waals surface area contributed by atoms with E-state index in [1.807, 2.05) is 15.7 Å². The third-order valence-electron chi connectivity index (χ3n) is 5.21. The lowest BCUT2D eigenvalue weighted by molar-refractivity contribution is -0.122. The van der Waals surface area contributed by atoms with Crippen LogP contribution >= 0.6 is 0 Å². The minimum Gasteiger partial charge on any atom is -0.497 e. The van der Waals surface area contributed by atoms with E-state index < -0.39 is 0 Å². The number of methoxy groups -OCH3 is 1. The molecule has 3 heterocycles. The van der Waals surface area contributed by atoms with Gasteiger partial charge in [0, 0.05) is 63.1 Å². The van der Waals surface area contributed by atoms with E-state index in [4.69, 9.17) is 14.6 Å². The zero-order valence-corrected chi connectivity index (χ0v) is 18.0. The average Bonchev–Trinajstić information content (AvgIpc) is 3.27. The van der Waals surface area contributed by atoms with Crippen LogP contribution in [0.5, 0.6) is 5.75 Å². The maximum absolute atomic E-state index is 12.8. The first kappa shape index (κ1) is 23.0. The fourth-order valence-electron chi connectivity index (χ4n) is 3.59. The standard InChI is InChI=1S/C22H25N5O2.CH2O2/c1-29-20-7-8-24-21(15-20)22(28)26-11-2-10-25(13-14-26)16-18-3-5-19(6-4-18)27-12-9-23-17-27;2-1-3/h3-9,12,15,17H,2,10-11,13-14,16H2,1H3;1H,(H,2,3). The molecule has 0 atom stereocenters. The molecule has 0 spiro atoms. The number of aromatic nitrogens is 3. The van der Waals surface area contributed by atoms with E-state index in [-0.39, 0.29) is 12.4 Å². The molecule has 0 saturated carbocycles. The number of hydrogen-bond acceptors (Lipinski definition) is 6. The number of carboxylic acid groups (broad SMARTS) is 1. The molecule has 32 heavy (non-hydrogen) atoms. The molecule has 1 aliphatic heterocycles. The number of ether oxygens (including phenoxy) is 1. The first-order valence-corrected chi connectivity index (χ1v) is 10.3. The summed E-state index contributed by atoms with van der Waals surface area (Å²) in [6.45, 7) is 3.89. The normalized spacial score (nSPS) is 14.1. The molecule has 1 aliphatic rings. The van der Waals surface area contributed by atoms with Gasteiger partial charge in [-0.3, -0.25) is 19.5 Å². The third kappa shape index (κ3) is 6.14. The Morgan fingerprint density at radius 1 is 1.12 bits per heavy atom. The second kappa shape index (κ2) is 11.6. The summed E-state index contributed by atoms with van der Waals surface area (Å²) in [5.74, 6) is 0.620. The second-order valence-corrected chi connectivity index (χ2v) is 7.24. The Labute approximate surface area is 186 Å². The van der Waals surface area contributed by atoms with E-state index in [0.29, 0.717) is 18.0 Å². The molecule has 3 aromatic rings. The van der Waals surface area contributed by atoms with Gasteiger partial charge < -0.3 is 19.3 Å². The molecular formula is C23H27N5O4. The Morgan fingerprint density at radius 3 is 2.59 bits per heavy atom. The van der Waals surface area contributed by atoms with Gasteiger partial charge in [-0.05, 0) is 30.2 Å². The lowest BCUT2D eigenvalue weighted by atomic mass is 10.2. The van der Waals surface area contributed by atoms with Gasteiger partial charge in [0.2, 0.25) is 0 Å². The number of benzene rings is 1. The molecule has 0 aliphatic carbocycles. The van der Waals surface area contributed by atoms with Crippen molar-refractivity contribution in [1.29, 1.82) is 0 Å². The van der Waals surface area contributed by atoms with Gasteiger partial charge in [-0.2, -0.15) is 0 Å². The van der Waals surface area contributed by atoms with Gasteiger partial charge in [0.15, 0.2) is 0 Å². The first-order valence-electron chi connectivity index (χ1n) is 10.3. The molecule has 1 N–H and O–H groups in total. The maximum atomic E-state index is 12.8. The molecule has 9 heteroatoms. The van der Waals surface area contributed by atoms with Crippen LogP contribution in [0.4, 0.5) is 0 Å². The molecule has 1 aromatic carbocycles. The Morgan fingerprint density at radius 2 is 1.91 bits per heavy atom. The Hall–Kier alpha value is -3.72. The third-order valence-corrected chi connectivity index (χ3v) is 5.21. The van der Waals surface area contributed by atoms with Crippen molar-refractivity contribution in [3.8, 4) is 11.4 Å². The molecule has 0 radical (unpaired) electrons. The summed E-state index contributed by atoms with van der Waals surface area (Å²) in [7, 11) is 1.59. The molecule has 1 saturated heterocycles. The van der Waals surface area contributed by atoms with Crippen molar-refractivity contribution in [2.75, 3.05) is 33.3 Å². The number of carbonyl (C=O) groups excluding carboxylic acids is 1. The maximum Gasteiger partial charge on any atom is 0.290 e. The molecule has 1 fully saturated rings. The van der Waals surface area contributed by atoms with Crippen LogP contribution in [0.1, 0.15) is 22.5 Å². The lowest BCUT2D eigenvalue weighted by Gasteiger charge is -2.22. The summed E-state index contributed by atoms with van der Waals surface area (Å²) in [6.07, 6.45) is 8.07. The predicted molar refractivity (Wildman–Crippen MR) is 119 cm³/mol. The van der Waals surface area contributed by atoms with Crippen molar-refractivity contribution in [2.24, 2.45) is 0 Å². The molecule has 0 unspecified atom stereocenters. The van der Waals surface area contributed by atoms with Crippen LogP contribution < -0.4 is 4.74 Å². The summed E-state index contributed by atoms with van der Waals surface area (Å²) >= 11 is 0. The van der Waals surface area contributed by atoms with Crippen LogP contribution in [0, 0.1) is 0 Å². The fraction of sp³-hybridized carbons (Fsp3) is 0.304. The van der Waals surface area contributed by atoms with E-state index in [0.717, 1.165) is 38.3 Å². The van der Waals surface area contributed by atoms with Crippen LogP contribution in [-0.4, -0.2) is 75.1 Å². The number of rotatable bonds is 5. The van der Waals surface area contributed by atoms with Gasteiger partial charge in [-0.1, -0.05) is 12.1 Å². The minimum absolute atomic E-state index is 0.0320. The average molecular weight is 438 g/mol. The highest BCUT2D eigenvalue weighted by Crippen LogP contribution is 2.15. The highest BCUT2D eigenvalue weighted by molar-refractivity contribution is 5.92. The summed E-state index contributed by atoms with van der Waals surface area (Å²) in [5, 5.41) is 6.89. The summed E-state index contributed by atoms with van der Waals surface area (Å²) in [5.41, 5.74) is 2.81. The monoisotopic (exact) mass is 437 g/mol. The molecule has 4 rings (SSSR count). The van der Waals surface area contributed by atoms with Crippen molar-refractivity contribution in [3.63, 3.8) is 0 Å². The Balaban J connectivity index is 0.000000913. The Bertz CT molecular complexity index is 992. The number of carbonyl (C=O) groups is 2. The van der Waals surface area contributed by atoms with Crippen LogP contribution in [0.25, 0.3) is 5.69 Å². The van der Waals surface area contributed by atoms with Crippen molar-refractivity contribution >= 4 is 12.4 Å². The first-order chi connectivity index (χ1) is 15.6. The van der Waals surface area contributed by atoms with Gasteiger partial charge >= 0.3 is 0 Å². The van der Waals surface area contributed by atoms with Crippen LogP contribution in [0.3, 0.4) is 0 Å². The van der Waals surface area contributed by atoms with E-state index in [2.05, 4.69) is 39.1 Å². The number of pyridine rings is 1.